The Morgan fingerprint density at radius 2 is 2.20 bits per heavy atom. The lowest BCUT2D eigenvalue weighted by atomic mass is 10.1. The highest BCUT2D eigenvalue weighted by molar-refractivity contribution is 6.35. The number of aromatic nitrogens is 1. The Hall–Kier alpha value is -1.52. The number of fused-ring (bicyclic) bond motifs is 1. The van der Waals surface area contributed by atoms with Crippen molar-refractivity contribution in [2.24, 2.45) is 0 Å². The molecule has 0 bridgehead atoms. The molecule has 0 fully saturated rings. The molecule has 108 valence electrons. The van der Waals surface area contributed by atoms with Crippen molar-refractivity contribution in [3.63, 3.8) is 0 Å². The third-order valence-electron chi connectivity index (χ3n) is 3.38. The first kappa shape index (κ1) is 14.9. The Labute approximate surface area is 122 Å². The predicted octanol–water partition coefficient (Wildman–Crippen LogP) is 2.70. The highest BCUT2D eigenvalue weighted by atomic mass is 35.5. The van der Waals surface area contributed by atoms with Crippen molar-refractivity contribution in [3.8, 4) is 0 Å². The van der Waals surface area contributed by atoms with Crippen molar-refractivity contribution in [1.29, 1.82) is 0 Å². The van der Waals surface area contributed by atoms with Crippen LogP contribution in [0.1, 0.15) is 18.2 Å². The quantitative estimate of drug-likeness (QED) is 0.863. The summed E-state index contributed by atoms with van der Waals surface area (Å²) in [4.78, 5) is 11.7. The first-order chi connectivity index (χ1) is 9.60. The van der Waals surface area contributed by atoms with E-state index in [2.05, 4.69) is 0 Å². The van der Waals surface area contributed by atoms with Crippen LogP contribution in [-0.4, -0.2) is 28.9 Å². The van der Waals surface area contributed by atoms with Crippen molar-refractivity contribution in [2.75, 3.05) is 13.2 Å². The molecule has 0 unspecified atom stereocenters. The number of nitrogens with zero attached hydrogens (tertiary/aromatic N) is 1. The maximum absolute atomic E-state index is 11.7. The van der Waals surface area contributed by atoms with Crippen LogP contribution in [0.3, 0.4) is 0 Å². The van der Waals surface area contributed by atoms with Crippen LogP contribution >= 0.6 is 11.6 Å². The molecule has 0 spiro atoms. The molecule has 2 aromatic rings. The van der Waals surface area contributed by atoms with Crippen molar-refractivity contribution >= 4 is 28.5 Å². The Kier molecular flexibility index (Phi) is 4.68. The summed E-state index contributed by atoms with van der Waals surface area (Å²) in [6.07, 6.45) is 0.516. The standard InChI is InChI=1S/C15H18ClNO3/c1-3-20-14(19)9-17-10(2)11(7-8-18)15-12(16)5-4-6-13(15)17/h4-6,18H,3,7-9H2,1-2H3. The number of aliphatic hydroxyl groups is 1. The molecule has 1 aromatic carbocycles. The highest BCUT2D eigenvalue weighted by Crippen LogP contribution is 2.32. The molecule has 0 saturated heterocycles. The zero-order valence-electron chi connectivity index (χ0n) is 11.6. The second-order valence-corrected chi connectivity index (χ2v) is 4.97. The van der Waals surface area contributed by atoms with Gasteiger partial charge < -0.3 is 14.4 Å². The zero-order valence-corrected chi connectivity index (χ0v) is 12.4. The fraction of sp³-hybridized carbons (Fsp3) is 0.400. The van der Waals surface area contributed by atoms with Crippen LogP contribution in [0.4, 0.5) is 0 Å². The van der Waals surface area contributed by atoms with Gasteiger partial charge in [0.25, 0.3) is 0 Å². The van der Waals surface area contributed by atoms with E-state index in [1.807, 2.05) is 29.7 Å². The van der Waals surface area contributed by atoms with E-state index in [0.29, 0.717) is 18.1 Å². The maximum atomic E-state index is 11.7. The van der Waals surface area contributed by atoms with Crippen LogP contribution < -0.4 is 0 Å². The summed E-state index contributed by atoms with van der Waals surface area (Å²) in [6.45, 7) is 4.28. The molecular formula is C15H18ClNO3. The molecule has 0 amide bonds. The van der Waals surface area contributed by atoms with Crippen molar-refractivity contribution in [3.05, 3.63) is 34.5 Å². The van der Waals surface area contributed by atoms with E-state index in [-0.39, 0.29) is 19.1 Å². The van der Waals surface area contributed by atoms with Gasteiger partial charge in [0.15, 0.2) is 0 Å². The lowest BCUT2D eigenvalue weighted by Gasteiger charge is -2.08. The van der Waals surface area contributed by atoms with Crippen LogP contribution in [-0.2, 0) is 22.5 Å². The number of carbonyl (C=O) groups excluding carboxylic acids is 1. The Morgan fingerprint density at radius 1 is 1.45 bits per heavy atom. The first-order valence-electron chi connectivity index (χ1n) is 6.62. The molecule has 20 heavy (non-hydrogen) atoms. The van der Waals surface area contributed by atoms with Crippen molar-refractivity contribution in [1.82, 2.24) is 4.57 Å². The fourth-order valence-corrected chi connectivity index (χ4v) is 2.80. The molecular weight excluding hydrogens is 278 g/mol. The Bertz CT molecular complexity index is 634. The zero-order chi connectivity index (χ0) is 14.7. The SMILES string of the molecule is CCOC(=O)Cn1c(C)c(CCO)c2c(Cl)cccc21. The molecule has 0 aliphatic carbocycles. The van der Waals surface area contributed by atoms with E-state index in [9.17, 15) is 9.90 Å². The lowest BCUT2D eigenvalue weighted by Crippen LogP contribution is -2.14. The summed E-state index contributed by atoms with van der Waals surface area (Å²) in [7, 11) is 0. The van der Waals surface area contributed by atoms with Gasteiger partial charge in [0.05, 0.1) is 17.1 Å². The summed E-state index contributed by atoms with van der Waals surface area (Å²) < 4.78 is 6.90. The number of ether oxygens (including phenoxy) is 1. The first-order valence-corrected chi connectivity index (χ1v) is 7.00. The summed E-state index contributed by atoms with van der Waals surface area (Å²) in [5.41, 5.74) is 2.82. The van der Waals surface area contributed by atoms with Gasteiger partial charge in [-0.25, -0.2) is 0 Å². The average Bonchev–Trinajstić information content (AvgIpc) is 2.66. The van der Waals surface area contributed by atoms with Crippen molar-refractivity contribution in [2.45, 2.75) is 26.8 Å². The van der Waals surface area contributed by atoms with Gasteiger partial charge in [-0.05, 0) is 38.0 Å². The van der Waals surface area contributed by atoms with E-state index >= 15 is 0 Å². The number of rotatable bonds is 5. The summed E-state index contributed by atoms with van der Waals surface area (Å²) >= 11 is 6.27. The maximum Gasteiger partial charge on any atom is 0.325 e. The molecule has 0 saturated carbocycles. The van der Waals surface area contributed by atoms with Gasteiger partial charge in [0.2, 0.25) is 0 Å². The number of hydrogen-bond acceptors (Lipinski definition) is 3. The monoisotopic (exact) mass is 295 g/mol. The molecule has 0 radical (unpaired) electrons. The van der Waals surface area contributed by atoms with Crippen molar-refractivity contribution < 1.29 is 14.6 Å². The third-order valence-corrected chi connectivity index (χ3v) is 3.70. The molecule has 0 atom stereocenters. The largest absolute Gasteiger partial charge is 0.465 e. The van der Waals surface area contributed by atoms with Crippen LogP contribution in [0.2, 0.25) is 5.02 Å². The molecule has 1 heterocycles. The average molecular weight is 296 g/mol. The van der Waals surface area contributed by atoms with Gasteiger partial charge in [-0.15, -0.1) is 0 Å². The molecule has 1 N–H and O–H groups in total. The summed E-state index contributed by atoms with van der Waals surface area (Å²) in [5, 5.41) is 10.8. The van der Waals surface area contributed by atoms with Gasteiger partial charge in [0.1, 0.15) is 6.54 Å². The summed E-state index contributed by atoms with van der Waals surface area (Å²) in [6, 6.07) is 5.60. The molecule has 1 aromatic heterocycles. The number of hydrogen-bond donors (Lipinski definition) is 1. The fourth-order valence-electron chi connectivity index (χ4n) is 2.52. The second kappa shape index (κ2) is 6.29. The Morgan fingerprint density at radius 3 is 2.85 bits per heavy atom. The molecule has 2 rings (SSSR count). The van der Waals surface area contributed by atoms with E-state index in [1.165, 1.54) is 0 Å². The normalized spacial score (nSPS) is 11.0. The topological polar surface area (TPSA) is 51.5 Å². The smallest absolute Gasteiger partial charge is 0.325 e. The van der Waals surface area contributed by atoms with Gasteiger partial charge in [-0.3, -0.25) is 4.79 Å². The van der Waals surface area contributed by atoms with E-state index in [0.717, 1.165) is 22.2 Å². The summed E-state index contributed by atoms with van der Waals surface area (Å²) in [5.74, 6) is -0.275. The van der Waals surface area contributed by atoms with Crippen LogP contribution in [0.15, 0.2) is 18.2 Å². The molecule has 0 aliphatic rings. The van der Waals surface area contributed by atoms with E-state index < -0.39 is 0 Å². The molecule has 0 aliphatic heterocycles. The number of aliphatic hydroxyl groups excluding tert-OH is 1. The van der Waals surface area contributed by atoms with Gasteiger partial charge in [-0.2, -0.15) is 0 Å². The van der Waals surface area contributed by atoms with Gasteiger partial charge in [-0.1, -0.05) is 17.7 Å². The number of benzene rings is 1. The number of halogens is 1. The lowest BCUT2D eigenvalue weighted by molar-refractivity contribution is -0.143. The van der Waals surface area contributed by atoms with Crippen LogP contribution in [0.25, 0.3) is 10.9 Å². The second-order valence-electron chi connectivity index (χ2n) is 4.56. The Balaban J connectivity index is 2.56. The van der Waals surface area contributed by atoms with E-state index in [1.54, 1.807) is 6.92 Å². The highest BCUT2D eigenvalue weighted by Gasteiger charge is 2.17. The predicted molar refractivity (Wildman–Crippen MR) is 79.1 cm³/mol. The van der Waals surface area contributed by atoms with E-state index in [4.69, 9.17) is 16.3 Å². The number of esters is 1. The molecule has 4 nitrogen and oxygen atoms in total. The minimum atomic E-state index is -0.275. The minimum absolute atomic E-state index is 0.0462. The van der Waals surface area contributed by atoms with Crippen LogP contribution in [0.5, 0.6) is 0 Å². The van der Waals surface area contributed by atoms with Gasteiger partial charge >= 0.3 is 5.97 Å². The third kappa shape index (κ3) is 2.67. The van der Waals surface area contributed by atoms with Gasteiger partial charge in [0, 0.05) is 17.7 Å². The minimum Gasteiger partial charge on any atom is -0.465 e. The number of carbonyl (C=O) groups is 1. The van der Waals surface area contributed by atoms with Crippen LogP contribution in [0, 0.1) is 6.92 Å². The molecule has 5 heteroatoms.